The SMILES string of the molecule is C[C@@H](C(=O)NC[C@H]1CCCO1)N1CCC(c2nc(C3CC3)n[nH]2)CC1. The molecule has 1 amide bonds. The molecule has 2 saturated heterocycles. The highest BCUT2D eigenvalue weighted by atomic mass is 16.5. The topological polar surface area (TPSA) is 83.1 Å². The number of aromatic amines is 1. The molecule has 7 heteroatoms. The molecule has 25 heavy (non-hydrogen) atoms. The lowest BCUT2D eigenvalue weighted by atomic mass is 9.95. The van der Waals surface area contributed by atoms with Crippen molar-refractivity contribution < 1.29 is 9.53 Å². The number of likely N-dealkylation sites (tertiary alicyclic amines) is 1. The zero-order valence-corrected chi connectivity index (χ0v) is 15.0. The molecule has 0 bridgehead atoms. The molecule has 0 unspecified atom stereocenters. The average molecular weight is 347 g/mol. The third kappa shape index (κ3) is 4.03. The van der Waals surface area contributed by atoms with E-state index in [1.165, 1.54) is 12.8 Å². The second kappa shape index (κ2) is 7.41. The van der Waals surface area contributed by atoms with Gasteiger partial charge < -0.3 is 10.1 Å². The predicted molar refractivity (Wildman–Crippen MR) is 93.4 cm³/mol. The highest BCUT2D eigenvalue weighted by Crippen LogP contribution is 2.38. The molecule has 3 fully saturated rings. The van der Waals surface area contributed by atoms with Crippen molar-refractivity contribution in [3.63, 3.8) is 0 Å². The van der Waals surface area contributed by atoms with Crippen molar-refractivity contribution in [2.75, 3.05) is 26.2 Å². The van der Waals surface area contributed by atoms with Gasteiger partial charge in [0, 0.05) is 25.0 Å². The fourth-order valence-electron chi connectivity index (χ4n) is 3.89. The van der Waals surface area contributed by atoms with Crippen molar-refractivity contribution in [2.24, 2.45) is 0 Å². The van der Waals surface area contributed by atoms with Crippen molar-refractivity contribution in [3.8, 4) is 0 Å². The Kier molecular flexibility index (Phi) is 5.03. The standard InChI is InChI=1S/C18H29N5O2/c1-12(18(24)19-11-15-3-2-10-25-15)23-8-6-14(7-9-23)17-20-16(21-22-17)13-4-5-13/h12-15H,2-11H2,1H3,(H,19,24)(H,20,21,22)/t12-,15+/m0/s1. The molecular formula is C18H29N5O2. The van der Waals surface area contributed by atoms with Crippen LogP contribution in [0.1, 0.15) is 68.9 Å². The van der Waals surface area contributed by atoms with Crippen LogP contribution in [-0.4, -0.2) is 64.4 Å². The Labute approximate surface area is 148 Å². The van der Waals surface area contributed by atoms with E-state index >= 15 is 0 Å². The summed E-state index contributed by atoms with van der Waals surface area (Å²) in [7, 11) is 0. The molecule has 3 heterocycles. The first-order valence-corrected chi connectivity index (χ1v) is 9.76. The number of aromatic nitrogens is 3. The number of amides is 1. The van der Waals surface area contributed by atoms with Crippen LogP contribution in [-0.2, 0) is 9.53 Å². The van der Waals surface area contributed by atoms with Crippen LogP contribution in [0.2, 0.25) is 0 Å². The molecule has 2 atom stereocenters. The molecule has 4 rings (SSSR count). The number of hydrogen-bond donors (Lipinski definition) is 2. The smallest absolute Gasteiger partial charge is 0.237 e. The second-order valence-electron chi connectivity index (χ2n) is 7.72. The fourth-order valence-corrected chi connectivity index (χ4v) is 3.89. The maximum absolute atomic E-state index is 12.4. The monoisotopic (exact) mass is 347 g/mol. The van der Waals surface area contributed by atoms with Gasteiger partial charge in [0.2, 0.25) is 5.91 Å². The summed E-state index contributed by atoms with van der Waals surface area (Å²) in [4.78, 5) is 19.4. The normalized spacial score (nSPS) is 26.7. The molecule has 7 nitrogen and oxygen atoms in total. The lowest BCUT2D eigenvalue weighted by molar-refractivity contribution is -0.126. The summed E-state index contributed by atoms with van der Waals surface area (Å²) in [5.41, 5.74) is 0. The van der Waals surface area contributed by atoms with Crippen LogP contribution in [0.3, 0.4) is 0 Å². The van der Waals surface area contributed by atoms with E-state index < -0.39 is 0 Å². The quantitative estimate of drug-likeness (QED) is 0.816. The van der Waals surface area contributed by atoms with Gasteiger partial charge in [0.15, 0.2) is 5.82 Å². The van der Waals surface area contributed by atoms with Crippen LogP contribution in [0.25, 0.3) is 0 Å². The molecule has 2 aliphatic heterocycles. The fraction of sp³-hybridized carbons (Fsp3) is 0.833. The Hall–Kier alpha value is -1.47. The minimum atomic E-state index is -0.0842. The largest absolute Gasteiger partial charge is 0.376 e. The summed E-state index contributed by atoms with van der Waals surface area (Å²) < 4.78 is 5.57. The zero-order valence-electron chi connectivity index (χ0n) is 15.0. The third-order valence-electron chi connectivity index (χ3n) is 5.83. The van der Waals surface area contributed by atoms with Gasteiger partial charge in [0.1, 0.15) is 5.82 Å². The van der Waals surface area contributed by atoms with E-state index in [4.69, 9.17) is 9.72 Å². The van der Waals surface area contributed by atoms with Crippen LogP contribution in [0.4, 0.5) is 0 Å². The number of carbonyl (C=O) groups excluding carboxylic acids is 1. The number of hydrogen-bond acceptors (Lipinski definition) is 5. The van der Waals surface area contributed by atoms with E-state index in [9.17, 15) is 4.79 Å². The summed E-state index contributed by atoms with van der Waals surface area (Å²) >= 11 is 0. The summed E-state index contributed by atoms with van der Waals surface area (Å²) in [6.45, 7) is 5.33. The van der Waals surface area contributed by atoms with E-state index in [0.29, 0.717) is 18.4 Å². The molecule has 1 aliphatic carbocycles. The molecule has 1 aromatic heterocycles. The minimum absolute atomic E-state index is 0.0842. The van der Waals surface area contributed by atoms with Crippen LogP contribution >= 0.6 is 0 Å². The Morgan fingerprint density at radius 3 is 2.76 bits per heavy atom. The maximum Gasteiger partial charge on any atom is 0.237 e. The number of nitrogens with zero attached hydrogens (tertiary/aromatic N) is 3. The van der Waals surface area contributed by atoms with E-state index in [2.05, 4.69) is 20.4 Å². The van der Waals surface area contributed by atoms with Crippen molar-refractivity contribution in [2.45, 2.75) is 69.4 Å². The van der Waals surface area contributed by atoms with Crippen molar-refractivity contribution >= 4 is 5.91 Å². The number of nitrogens with one attached hydrogen (secondary N) is 2. The molecule has 0 spiro atoms. The molecule has 2 N–H and O–H groups in total. The van der Waals surface area contributed by atoms with Crippen LogP contribution in [0.5, 0.6) is 0 Å². The second-order valence-corrected chi connectivity index (χ2v) is 7.72. The van der Waals surface area contributed by atoms with Gasteiger partial charge in [0.25, 0.3) is 0 Å². The predicted octanol–water partition coefficient (Wildman–Crippen LogP) is 1.55. The van der Waals surface area contributed by atoms with Crippen molar-refractivity contribution in [3.05, 3.63) is 11.6 Å². The van der Waals surface area contributed by atoms with Crippen molar-refractivity contribution in [1.29, 1.82) is 0 Å². The van der Waals surface area contributed by atoms with Gasteiger partial charge in [-0.05, 0) is 58.5 Å². The Morgan fingerprint density at radius 2 is 2.08 bits per heavy atom. The van der Waals surface area contributed by atoms with Gasteiger partial charge in [-0.3, -0.25) is 14.8 Å². The maximum atomic E-state index is 12.4. The van der Waals surface area contributed by atoms with E-state index in [1.54, 1.807) is 0 Å². The van der Waals surface area contributed by atoms with Crippen LogP contribution < -0.4 is 5.32 Å². The zero-order chi connectivity index (χ0) is 17.2. The molecule has 1 aromatic rings. The van der Waals surface area contributed by atoms with Crippen LogP contribution in [0.15, 0.2) is 0 Å². The first-order chi connectivity index (χ1) is 12.2. The minimum Gasteiger partial charge on any atom is -0.376 e. The average Bonchev–Trinajstić information content (AvgIpc) is 3.15. The highest BCUT2D eigenvalue weighted by Gasteiger charge is 2.31. The first kappa shape index (κ1) is 17.0. The summed E-state index contributed by atoms with van der Waals surface area (Å²) in [5.74, 6) is 3.19. The van der Waals surface area contributed by atoms with Gasteiger partial charge in [-0.25, -0.2) is 4.98 Å². The molecule has 3 aliphatic rings. The Bertz CT molecular complexity index is 586. The highest BCUT2D eigenvalue weighted by molar-refractivity contribution is 5.81. The summed E-state index contributed by atoms with van der Waals surface area (Å²) in [6, 6.07) is -0.0842. The van der Waals surface area contributed by atoms with E-state index in [1.807, 2.05) is 6.92 Å². The molecule has 0 aromatic carbocycles. The Balaban J connectivity index is 1.23. The van der Waals surface area contributed by atoms with E-state index in [0.717, 1.165) is 57.0 Å². The summed E-state index contributed by atoms with van der Waals surface area (Å²) in [6.07, 6.45) is 6.88. The van der Waals surface area contributed by atoms with Gasteiger partial charge in [-0.2, -0.15) is 5.10 Å². The molecule has 138 valence electrons. The lowest BCUT2D eigenvalue weighted by Crippen LogP contribution is -2.49. The van der Waals surface area contributed by atoms with Crippen molar-refractivity contribution in [1.82, 2.24) is 25.4 Å². The van der Waals surface area contributed by atoms with E-state index in [-0.39, 0.29) is 18.1 Å². The van der Waals surface area contributed by atoms with Gasteiger partial charge in [0.05, 0.1) is 12.1 Å². The Morgan fingerprint density at radius 1 is 1.28 bits per heavy atom. The molecule has 1 saturated carbocycles. The molecule has 0 radical (unpaired) electrons. The van der Waals surface area contributed by atoms with Gasteiger partial charge >= 0.3 is 0 Å². The summed E-state index contributed by atoms with van der Waals surface area (Å²) in [5, 5.41) is 10.6. The number of piperidine rings is 1. The number of rotatable bonds is 6. The van der Waals surface area contributed by atoms with Crippen LogP contribution in [0, 0.1) is 0 Å². The number of ether oxygens (including phenoxy) is 1. The number of carbonyl (C=O) groups is 1. The van der Waals surface area contributed by atoms with Gasteiger partial charge in [-0.15, -0.1) is 0 Å². The lowest BCUT2D eigenvalue weighted by Gasteiger charge is -2.34. The third-order valence-corrected chi connectivity index (χ3v) is 5.83. The first-order valence-electron chi connectivity index (χ1n) is 9.76. The van der Waals surface area contributed by atoms with Gasteiger partial charge in [-0.1, -0.05) is 0 Å². The molecular weight excluding hydrogens is 318 g/mol. The number of H-pyrrole nitrogens is 1.